The smallest absolute Gasteiger partial charge is 0.266 e. The number of halogens is 3. The summed E-state index contributed by atoms with van der Waals surface area (Å²) in [5.41, 5.74) is 2.19. The number of carbonyl (C=O) groups is 2. The third-order valence-corrected chi connectivity index (χ3v) is 7.64. The molecule has 3 aromatic rings. The first-order valence-corrected chi connectivity index (χ1v) is 14.1. The maximum Gasteiger partial charge on any atom is 0.266 e. The Morgan fingerprint density at radius 1 is 1.05 bits per heavy atom. The van der Waals surface area contributed by atoms with Crippen LogP contribution in [0.5, 0.6) is 11.5 Å². The molecule has 0 radical (unpaired) electrons. The van der Waals surface area contributed by atoms with Gasteiger partial charge in [-0.3, -0.25) is 14.5 Å². The summed E-state index contributed by atoms with van der Waals surface area (Å²) in [6.45, 7) is 0.495. The average molecular weight is 622 g/mol. The highest BCUT2D eigenvalue weighted by molar-refractivity contribution is 8.26. The molecule has 0 aromatic heterocycles. The van der Waals surface area contributed by atoms with E-state index >= 15 is 0 Å². The van der Waals surface area contributed by atoms with E-state index in [0.717, 1.165) is 5.56 Å². The van der Waals surface area contributed by atoms with Crippen molar-refractivity contribution in [2.24, 2.45) is 0 Å². The van der Waals surface area contributed by atoms with Gasteiger partial charge in [0.1, 0.15) is 4.32 Å². The molecule has 0 saturated carbocycles. The summed E-state index contributed by atoms with van der Waals surface area (Å²) in [6, 6.07) is 23.4. The van der Waals surface area contributed by atoms with E-state index in [1.807, 2.05) is 30.3 Å². The Morgan fingerprint density at radius 3 is 2.36 bits per heavy atom. The van der Waals surface area contributed by atoms with Crippen molar-refractivity contribution in [3.05, 3.63) is 100 Å². The van der Waals surface area contributed by atoms with Crippen molar-refractivity contribution in [1.29, 1.82) is 0 Å². The fourth-order valence-electron chi connectivity index (χ4n) is 3.70. The van der Waals surface area contributed by atoms with Gasteiger partial charge >= 0.3 is 0 Å². The van der Waals surface area contributed by atoms with Crippen LogP contribution in [0.25, 0.3) is 6.08 Å². The number of nitrogens with zero attached hydrogens (tertiary/aromatic N) is 1. The van der Waals surface area contributed by atoms with Crippen molar-refractivity contribution in [2.45, 2.75) is 16.4 Å². The van der Waals surface area contributed by atoms with Crippen LogP contribution in [-0.2, 0) is 11.2 Å². The Morgan fingerprint density at radius 2 is 1.72 bits per heavy atom. The van der Waals surface area contributed by atoms with Crippen LogP contribution in [0.2, 0.25) is 0 Å². The van der Waals surface area contributed by atoms with Crippen molar-refractivity contribution >= 4 is 81.0 Å². The first-order valence-electron chi connectivity index (χ1n) is 11.7. The third kappa shape index (κ3) is 7.68. The van der Waals surface area contributed by atoms with E-state index in [-0.39, 0.29) is 11.7 Å². The zero-order chi connectivity index (χ0) is 28.0. The van der Waals surface area contributed by atoms with Crippen LogP contribution in [-0.4, -0.2) is 44.7 Å². The van der Waals surface area contributed by atoms with E-state index in [1.54, 1.807) is 59.5 Å². The predicted octanol–water partition coefficient (Wildman–Crippen LogP) is 6.64. The molecule has 39 heavy (non-hydrogen) atoms. The summed E-state index contributed by atoms with van der Waals surface area (Å²) in [5, 5.41) is 2.59. The van der Waals surface area contributed by atoms with Crippen LogP contribution in [0.4, 0.5) is 0 Å². The lowest BCUT2D eigenvalue weighted by Crippen LogP contribution is -2.47. The molecule has 3 aromatic carbocycles. The number of methoxy groups -OCH3 is 1. The number of benzene rings is 3. The van der Waals surface area contributed by atoms with Gasteiger partial charge in [0, 0.05) is 12.1 Å². The molecule has 6 nitrogen and oxygen atoms in total. The summed E-state index contributed by atoms with van der Waals surface area (Å²) >= 11 is 25.0. The summed E-state index contributed by atoms with van der Waals surface area (Å²) in [4.78, 5) is 27.8. The molecule has 1 saturated heterocycles. The predicted molar refractivity (Wildman–Crippen MR) is 162 cm³/mol. The van der Waals surface area contributed by atoms with E-state index in [9.17, 15) is 9.59 Å². The minimum absolute atomic E-state index is 0.153. The molecule has 1 aliphatic heterocycles. The first kappa shape index (κ1) is 29.2. The molecule has 4 rings (SSSR count). The summed E-state index contributed by atoms with van der Waals surface area (Å²) in [7, 11) is 1.46. The Labute approximate surface area is 251 Å². The van der Waals surface area contributed by atoms with E-state index < -0.39 is 15.9 Å². The Bertz CT molecular complexity index is 1380. The van der Waals surface area contributed by atoms with Gasteiger partial charge in [-0.25, -0.2) is 0 Å². The van der Waals surface area contributed by atoms with Crippen LogP contribution in [0.1, 0.15) is 21.5 Å². The van der Waals surface area contributed by atoms with Gasteiger partial charge in [0.25, 0.3) is 11.8 Å². The van der Waals surface area contributed by atoms with Gasteiger partial charge in [-0.2, -0.15) is 0 Å². The number of carbonyl (C=O) groups excluding carboxylic acids is 2. The molecular weight excluding hydrogens is 599 g/mol. The van der Waals surface area contributed by atoms with E-state index in [0.29, 0.717) is 39.1 Å². The second-order valence-corrected chi connectivity index (χ2v) is 12.4. The normalized spacial score (nSPS) is 15.4. The van der Waals surface area contributed by atoms with Gasteiger partial charge in [-0.05, 0) is 47.9 Å². The number of alkyl halides is 3. The topological polar surface area (TPSA) is 67.9 Å². The van der Waals surface area contributed by atoms with Gasteiger partial charge in [0.05, 0.1) is 12.0 Å². The second kappa shape index (κ2) is 13.1. The Balaban J connectivity index is 1.48. The Hall–Kier alpha value is -2.75. The molecule has 202 valence electrons. The minimum Gasteiger partial charge on any atom is -0.493 e. The molecule has 1 unspecified atom stereocenters. The lowest BCUT2D eigenvalue weighted by molar-refractivity contribution is -0.122. The highest BCUT2D eigenvalue weighted by Gasteiger charge is 2.37. The fourth-order valence-corrected chi connectivity index (χ4v) is 5.30. The largest absolute Gasteiger partial charge is 0.493 e. The van der Waals surface area contributed by atoms with E-state index in [2.05, 4.69) is 5.32 Å². The van der Waals surface area contributed by atoms with Crippen molar-refractivity contribution in [2.75, 3.05) is 13.7 Å². The van der Waals surface area contributed by atoms with Crippen LogP contribution < -0.4 is 14.8 Å². The standard InChI is InChI=1S/C28H23Cl3N2O4S2/c1-36-22-16-19(17-23-25(35)33(27(38)39-23)15-14-18-8-4-2-5-9-18)12-13-21(22)37-26(28(29,30)31)32-24(34)20-10-6-3-7-11-20/h2-13,16-17,26H,14-15H2,1H3,(H,32,34). The molecule has 1 heterocycles. The maximum absolute atomic E-state index is 13.0. The highest BCUT2D eigenvalue weighted by Crippen LogP contribution is 2.37. The molecule has 1 fully saturated rings. The van der Waals surface area contributed by atoms with Gasteiger partial charge < -0.3 is 14.8 Å². The van der Waals surface area contributed by atoms with Crippen molar-refractivity contribution in [1.82, 2.24) is 10.2 Å². The van der Waals surface area contributed by atoms with Crippen molar-refractivity contribution < 1.29 is 19.1 Å². The van der Waals surface area contributed by atoms with Crippen LogP contribution in [0.3, 0.4) is 0 Å². The van der Waals surface area contributed by atoms with Gasteiger partial charge in [0.15, 0.2) is 11.5 Å². The van der Waals surface area contributed by atoms with Gasteiger partial charge in [-0.1, -0.05) is 113 Å². The maximum atomic E-state index is 13.0. The van der Waals surface area contributed by atoms with Crippen LogP contribution in [0, 0.1) is 0 Å². The lowest BCUT2D eigenvalue weighted by Gasteiger charge is -2.27. The summed E-state index contributed by atoms with van der Waals surface area (Å²) in [5.74, 6) is -0.0804. The van der Waals surface area contributed by atoms with Crippen LogP contribution in [0.15, 0.2) is 83.8 Å². The lowest BCUT2D eigenvalue weighted by atomic mass is 10.1. The number of amides is 2. The number of thiocarbonyl (C=S) groups is 1. The van der Waals surface area contributed by atoms with Crippen molar-refractivity contribution in [3.63, 3.8) is 0 Å². The minimum atomic E-state index is -1.98. The third-order valence-electron chi connectivity index (χ3n) is 5.67. The molecule has 1 aliphatic rings. The molecular formula is C28H23Cl3N2O4S2. The molecule has 1 N–H and O–H groups in total. The zero-order valence-electron chi connectivity index (χ0n) is 20.6. The SMILES string of the molecule is COc1cc(C=C2SC(=S)N(CCc3ccccc3)C2=O)ccc1OC(NC(=O)c1ccccc1)C(Cl)(Cl)Cl. The monoisotopic (exact) mass is 620 g/mol. The average Bonchev–Trinajstić information content (AvgIpc) is 3.19. The van der Waals surface area contributed by atoms with Gasteiger partial charge in [0.2, 0.25) is 10.0 Å². The molecule has 0 aliphatic carbocycles. The van der Waals surface area contributed by atoms with E-state index in [1.165, 1.54) is 18.9 Å². The van der Waals surface area contributed by atoms with Crippen molar-refractivity contribution in [3.8, 4) is 11.5 Å². The van der Waals surface area contributed by atoms with E-state index in [4.69, 9.17) is 56.5 Å². The second-order valence-electron chi connectivity index (χ2n) is 8.36. The summed E-state index contributed by atoms with van der Waals surface area (Å²) < 4.78 is 9.88. The number of nitrogens with one attached hydrogen (secondary N) is 1. The number of hydrogen-bond acceptors (Lipinski definition) is 6. The fraction of sp³-hybridized carbons (Fsp3) is 0.179. The first-order chi connectivity index (χ1) is 18.7. The number of hydrogen-bond donors (Lipinski definition) is 1. The molecule has 1 atom stereocenters. The molecule has 0 bridgehead atoms. The zero-order valence-corrected chi connectivity index (χ0v) is 24.5. The molecule has 0 spiro atoms. The quantitative estimate of drug-likeness (QED) is 0.125. The number of rotatable bonds is 9. The molecule has 2 amide bonds. The Kier molecular flexibility index (Phi) is 9.80. The van der Waals surface area contributed by atoms with Crippen LogP contribution >= 0.6 is 58.8 Å². The number of ether oxygens (including phenoxy) is 2. The summed E-state index contributed by atoms with van der Waals surface area (Å²) in [6.07, 6.45) is 1.11. The van der Waals surface area contributed by atoms with Gasteiger partial charge in [-0.15, -0.1) is 0 Å². The highest BCUT2D eigenvalue weighted by atomic mass is 35.6. The number of thioether (sulfide) groups is 1. The molecule has 11 heteroatoms.